The predicted molar refractivity (Wildman–Crippen MR) is 106 cm³/mol. The zero-order chi connectivity index (χ0) is 18.1. The monoisotopic (exact) mass is 360 g/mol. The van der Waals surface area contributed by atoms with Crippen molar-refractivity contribution in [1.29, 1.82) is 0 Å². The van der Waals surface area contributed by atoms with Gasteiger partial charge in [0.15, 0.2) is 0 Å². The quantitative estimate of drug-likeness (QED) is 0.371. The molecule has 0 N–H and O–H groups in total. The van der Waals surface area contributed by atoms with Gasteiger partial charge in [0.2, 0.25) is 0 Å². The zero-order valence-corrected chi connectivity index (χ0v) is 16.3. The summed E-state index contributed by atoms with van der Waals surface area (Å²) in [5, 5.41) is 0. The molecule has 2 aromatic rings. The van der Waals surface area contributed by atoms with E-state index < -0.39 is 0 Å². The topological polar surface area (TPSA) is 18.5 Å². The van der Waals surface area contributed by atoms with E-state index in [1.807, 2.05) is 12.1 Å². The lowest BCUT2D eigenvalue weighted by Gasteiger charge is -2.26. The summed E-state index contributed by atoms with van der Waals surface area (Å²) in [6.07, 6.45) is 3.10. The van der Waals surface area contributed by atoms with Crippen molar-refractivity contribution in [2.75, 3.05) is 19.1 Å². The molecule has 0 spiro atoms. The lowest BCUT2D eigenvalue weighted by atomic mass is 9.78. The van der Waals surface area contributed by atoms with E-state index in [4.69, 9.17) is 21.1 Å². The SMILES string of the molecule is CCCCOc1ccc(C(C)(C)c2ccc(OCCCCl)cc2)cc1. The first-order valence-electron chi connectivity index (χ1n) is 9.10. The van der Waals surface area contributed by atoms with Crippen LogP contribution in [0.25, 0.3) is 0 Å². The molecule has 0 radical (unpaired) electrons. The zero-order valence-electron chi connectivity index (χ0n) is 15.6. The minimum atomic E-state index is -0.0728. The van der Waals surface area contributed by atoms with Gasteiger partial charge in [0, 0.05) is 11.3 Å². The van der Waals surface area contributed by atoms with Crippen LogP contribution in [0.2, 0.25) is 0 Å². The molecule has 136 valence electrons. The molecule has 0 bridgehead atoms. The summed E-state index contributed by atoms with van der Waals surface area (Å²) in [4.78, 5) is 0. The smallest absolute Gasteiger partial charge is 0.119 e. The molecule has 0 aromatic heterocycles. The second-order valence-corrected chi connectivity index (χ2v) is 7.14. The maximum Gasteiger partial charge on any atom is 0.119 e. The van der Waals surface area contributed by atoms with Gasteiger partial charge in [-0.15, -0.1) is 11.6 Å². The Kier molecular flexibility index (Phi) is 7.64. The predicted octanol–water partition coefficient (Wildman–Crippen LogP) is 6.20. The molecule has 2 nitrogen and oxygen atoms in total. The maximum absolute atomic E-state index is 5.76. The molecule has 0 aliphatic heterocycles. The summed E-state index contributed by atoms with van der Waals surface area (Å²) in [5.41, 5.74) is 2.46. The highest BCUT2D eigenvalue weighted by molar-refractivity contribution is 6.17. The van der Waals surface area contributed by atoms with Crippen molar-refractivity contribution < 1.29 is 9.47 Å². The fourth-order valence-electron chi connectivity index (χ4n) is 2.68. The normalized spacial score (nSPS) is 11.4. The van der Waals surface area contributed by atoms with Crippen molar-refractivity contribution in [3.8, 4) is 11.5 Å². The third-order valence-electron chi connectivity index (χ3n) is 4.47. The standard InChI is InChI=1S/C22H29ClO2/c1-4-5-16-24-20-11-7-18(8-12-20)22(2,3)19-9-13-21(14-10-19)25-17-6-15-23/h7-14H,4-6,15-17H2,1-3H3. The summed E-state index contributed by atoms with van der Waals surface area (Å²) in [6.45, 7) is 8.09. The number of rotatable bonds is 10. The first-order chi connectivity index (χ1) is 12.1. The average molecular weight is 361 g/mol. The van der Waals surface area contributed by atoms with E-state index >= 15 is 0 Å². The number of unbranched alkanes of at least 4 members (excludes halogenated alkanes) is 1. The molecule has 0 aliphatic carbocycles. The number of hydrogen-bond acceptors (Lipinski definition) is 2. The summed E-state index contributed by atoms with van der Waals surface area (Å²) in [6, 6.07) is 16.8. The highest BCUT2D eigenvalue weighted by atomic mass is 35.5. The second kappa shape index (κ2) is 9.72. The van der Waals surface area contributed by atoms with Crippen molar-refractivity contribution in [3.05, 3.63) is 59.7 Å². The number of ether oxygens (including phenoxy) is 2. The van der Waals surface area contributed by atoms with Crippen LogP contribution in [-0.4, -0.2) is 19.1 Å². The molecular weight excluding hydrogens is 332 g/mol. The van der Waals surface area contributed by atoms with E-state index in [9.17, 15) is 0 Å². The Morgan fingerprint density at radius 2 is 1.20 bits per heavy atom. The Morgan fingerprint density at radius 1 is 0.760 bits per heavy atom. The molecule has 0 unspecified atom stereocenters. The Bertz CT molecular complexity index is 562. The fraction of sp³-hybridized carbons (Fsp3) is 0.455. The Labute approximate surface area is 157 Å². The molecule has 3 heteroatoms. The highest BCUT2D eigenvalue weighted by Crippen LogP contribution is 2.33. The van der Waals surface area contributed by atoms with Crippen LogP contribution in [-0.2, 0) is 5.41 Å². The molecule has 2 rings (SSSR count). The molecule has 0 saturated carbocycles. The van der Waals surface area contributed by atoms with Crippen LogP contribution in [0.3, 0.4) is 0 Å². The largest absolute Gasteiger partial charge is 0.494 e. The van der Waals surface area contributed by atoms with Gasteiger partial charge in [0.25, 0.3) is 0 Å². The van der Waals surface area contributed by atoms with Crippen molar-refractivity contribution in [2.24, 2.45) is 0 Å². The number of benzene rings is 2. The van der Waals surface area contributed by atoms with Crippen LogP contribution in [0.1, 0.15) is 51.2 Å². The molecule has 0 aliphatic rings. The van der Waals surface area contributed by atoms with Crippen LogP contribution in [0.5, 0.6) is 11.5 Å². The van der Waals surface area contributed by atoms with Gasteiger partial charge >= 0.3 is 0 Å². The van der Waals surface area contributed by atoms with Gasteiger partial charge < -0.3 is 9.47 Å². The van der Waals surface area contributed by atoms with Crippen LogP contribution < -0.4 is 9.47 Å². The van der Waals surface area contributed by atoms with Gasteiger partial charge in [0.05, 0.1) is 13.2 Å². The van der Waals surface area contributed by atoms with Crippen molar-refractivity contribution in [2.45, 2.75) is 45.4 Å². The van der Waals surface area contributed by atoms with Crippen molar-refractivity contribution in [1.82, 2.24) is 0 Å². The van der Waals surface area contributed by atoms with Crippen LogP contribution in [0, 0.1) is 0 Å². The van der Waals surface area contributed by atoms with E-state index in [0.717, 1.165) is 37.4 Å². The lowest BCUT2D eigenvalue weighted by Crippen LogP contribution is -2.18. The number of halogens is 1. The van der Waals surface area contributed by atoms with Gasteiger partial charge in [-0.2, -0.15) is 0 Å². The molecular formula is C22H29ClO2. The van der Waals surface area contributed by atoms with E-state index in [0.29, 0.717) is 12.5 Å². The van der Waals surface area contributed by atoms with E-state index in [2.05, 4.69) is 57.2 Å². The van der Waals surface area contributed by atoms with Gasteiger partial charge in [-0.25, -0.2) is 0 Å². The minimum absolute atomic E-state index is 0.0728. The first-order valence-corrected chi connectivity index (χ1v) is 9.64. The first kappa shape index (κ1) is 19.7. The van der Waals surface area contributed by atoms with E-state index in [-0.39, 0.29) is 5.41 Å². The van der Waals surface area contributed by atoms with Crippen LogP contribution in [0.15, 0.2) is 48.5 Å². The van der Waals surface area contributed by atoms with Gasteiger partial charge in [-0.05, 0) is 48.2 Å². The Morgan fingerprint density at radius 3 is 1.60 bits per heavy atom. The van der Waals surface area contributed by atoms with Crippen molar-refractivity contribution in [3.63, 3.8) is 0 Å². The summed E-state index contributed by atoms with van der Waals surface area (Å²) < 4.78 is 11.4. The average Bonchev–Trinajstić information content (AvgIpc) is 2.63. The number of alkyl halides is 1. The van der Waals surface area contributed by atoms with Gasteiger partial charge in [-0.3, -0.25) is 0 Å². The van der Waals surface area contributed by atoms with Gasteiger partial charge in [-0.1, -0.05) is 51.5 Å². The number of hydrogen-bond donors (Lipinski definition) is 0. The molecule has 0 heterocycles. The van der Waals surface area contributed by atoms with Crippen molar-refractivity contribution >= 4 is 11.6 Å². The minimum Gasteiger partial charge on any atom is -0.494 e. The Balaban J connectivity index is 2.04. The molecule has 0 atom stereocenters. The molecule has 2 aromatic carbocycles. The third kappa shape index (κ3) is 5.67. The second-order valence-electron chi connectivity index (χ2n) is 6.77. The van der Waals surface area contributed by atoms with Crippen LogP contribution in [0.4, 0.5) is 0 Å². The highest BCUT2D eigenvalue weighted by Gasteiger charge is 2.23. The summed E-state index contributed by atoms with van der Waals surface area (Å²) in [5.74, 6) is 2.46. The van der Waals surface area contributed by atoms with Gasteiger partial charge in [0.1, 0.15) is 11.5 Å². The van der Waals surface area contributed by atoms with E-state index in [1.54, 1.807) is 0 Å². The van der Waals surface area contributed by atoms with Crippen LogP contribution >= 0.6 is 11.6 Å². The molecule has 0 amide bonds. The lowest BCUT2D eigenvalue weighted by molar-refractivity contribution is 0.309. The molecule has 25 heavy (non-hydrogen) atoms. The van der Waals surface area contributed by atoms with E-state index in [1.165, 1.54) is 11.1 Å². The summed E-state index contributed by atoms with van der Waals surface area (Å²) >= 11 is 5.68. The maximum atomic E-state index is 5.76. The summed E-state index contributed by atoms with van der Waals surface area (Å²) in [7, 11) is 0. The molecule has 0 saturated heterocycles. The Hall–Kier alpha value is -1.67. The molecule has 0 fully saturated rings. The fourth-order valence-corrected chi connectivity index (χ4v) is 2.79. The third-order valence-corrected chi connectivity index (χ3v) is 4.73.